The van der Waals surface area contributed by atoms with Gasteiger partial charge in [-0.05, 0) is 42.3 Å². The number of rotatable bonds is 9. The number of carbonyl (C=O) groups excluding carboxylic acids is 1. The van der Waals surface area contributed by atoms with Gasteiger partial charge in [0.1, 0.15) is 12.4 Å². The number of hydrogen-bond donors (Lipinski definition) is 0. The monoisotopic (exact) mass is 393 g/mol. The molecule has 0 N–H and O–H groups in total. The summed E-state index contributed by atoms with van der Waals surface area (Å²) in [5.41, 5.74) is 4.58. The van der Waals surface area contributed by atoms with Crippen molar-refractivity contribution < 1.29 is 19.0 Å². The first kappa shape index (κ1) is 20.7. The van der Waals surface area contributed by atoms with Crippen LogP contribution >= 0.6 is 0 Å². The van der Waals surface area contributed by atoms with Gasteiger partial charge in [0.25, 0.3) is 0 Å². The highest BCUT2D eigenvalue weighted by atomic mass is 16.6. The lowest BCUT2D eigenvalue weighted by Crippen LogP contribution is -2.26. The van der Waals surface area contributed by atoms with Crippen LogP contribution < -0.4 is 4.74 Å². The minimum Gasteiger partial charge on any atom is -0.492 e. The van der Waals surface area contributed by atoms with Gasteiger partial charge in [0, 0.05) is 24.9 Å². The Labute approximate surface area is 171 Å². The van der Waals surface area contributed by atoms with Gasteiger partial charge >= 0.3 is 5.97 Å². The van der Waals surface area contributed by atoms with Gasteiger partial charge in [0.05, 0.1) is 13.7 Å². The topological polar surface area (TPSA) is 49.7 Å². The van der Waals surface area contributed by atoms with Crippen LogP contribution in [0.2, 0.25) is 0 Å². The second-order valence-corrected chi connectivity index (χ2v) is 6.82. The summed E-state index contributed by atoms with van der Waals surface area (Å²) in [5, 5.41) is 0. The zero-order chi connectivity index (χ0) is 20.6. The van der Waals surface area contributed by atoms with Crippen LogP contribution in [0.4, 0.5) is 0 Å². The van der Waals surface area contributed by atoms with Crippen LogP contribution in [0.25, 0.3) is 11.3 Å². The predicted octanol–water partition coefficient (Wildman–Crippen LogP) is 4.27. The van der Waals surface area contributed by atoms with E-state index in [1.165, 1.54) is 31.2 Å². The minimum absolute atomic E-state index is 0.371. The van der Waals surface area contributed by atoms with Crippen LogP contribution in [0.1, 0.15) is 11.3 Å². The lowest BCUT2D eigenvalue weighted by Gasteiger charge is -2.14. The van der Waals surface area contributed by atoms with Crippen LogP contribution in [0.3, 0.4) is 0 Å². The average molecular weight is 393 g/mol. The van der Waals surface area contributed by atoms with Crippen molar-refractivity contribution in [3.8, 4) is 17.0 Å². The molecule has 3 aromatic rings. The molecular formula is C24H27NO4. The predicted molar refractivity (Wildman–Crippen MR) is 113 cm³/mol. The third-order valence-electron chi connectivity index (χ3n) is 4.95. The van der Waals surface area contributed by atoms with Crippen LogP contribution in [-0.2, 0) is 27.2 Å². The van der Waals surface area contributed by atoms with E-state index in [1.807, 2.05) is 42.5 Å². The summed E-state index contributed by atoms with van der Waals surface area (Å²) in [4.78, 5) is 11.7. The van der Waals surface area contributed by atoms with E-state index >= 15 is 0 Å². The van der Waals surface area contributed by atoms with Crippen LogP contribution in [0.15, 0.2) is 66.7 Å². The molecule has 5 heteroatoms. The Kier molecular flexibility index (Phi) is 7.09. The Morgan fingerprint density at radius 2 is 1.69 bits per heavy atom. The van der Waals surface area contributed by atoms with Gasteiger partial charge in [0.15, 0.2) is 6.10 Å². The Balaban J connectivity index is 1.58. The van der Waals surface area contributed by atoms with Gasteiger partial charge in [-0.2, -0.15) is 0 Å². The molecule has 5 nitrogen and oxygen atoms in total. The number of ether oxygens (including phenoxy) is 3. The molecule has 1 atom stereocenters. The fourth-order valence-corrected chi connectivity index (χ4v) is 3.31. The van der Waals surface area contributed by atoms with E-state index in [9.17, 15) is 4.79 Å². The first-order chi connectivity index (χ1) is 14.1. The van der Waals surface area contributed by atoms with E-state index in [-0.39, 0.29) is 5.97 Å². The molecule has 0 saturated heterocycles. The summed E-state index contributed by atoms with van der Waals surface area (Å²) in [6.07, 6.45) is -0.133. The molecule has 2 aromatic carbocycles. The summed E-state index contributed by atoms with van der Waals surface area (Å²) in [6.45, 7) is 3.44. The molecule has 0 spiro atoms. The zero-order valence-electron chi connectivity index (χ0n) is 17.1. The normalized spacial score (nSPS) is 11.8. The largest absolute Gasteiger partial charge is 0.492 e. The molecule has 1 aromatic heterocycles. The van der Waals surface area contributed by atoms with E-state index in [0.29, 0.717) is 13.0 Å². The summed E-state index contributed by atoms with van der Waals surface area (Å²) in [5.74, 6) is 0.427. The van der Waals surface area contributed by atoms with E-state index in [2.05, 4.69) is 35.8 Å². The zero-order valence-corrected chi connectivity index (χ0v) is 17.1. The number of carbonyl (C=O) groups is 1. The molecule has 29 heavy (non-hydrogen) atoms. The van der Waals surface area contributed by atoms with Crippen molar-refractivity contribution in [1.82, 2.24) is 4.57 Å². The molecule has 1 heterocycles. The number of hydrogen-bond acceptors (Lipinski definition) is 4. The standard InChI is InChI=1S/C24H27NO4/c1-18-9-14-22(20-7-5-4-6-8-20)25(18)15-16-29-21-12-10-19(11-13-21)17-23(27-2)24(26)28-3/h4-14,23H,15-17H2,1-3H3. The van der Waals surface area contributed by atoms with Crippen LogP contribution in [-0.4, -0.2) is 37.5 Å². The van der Waals surface area contributed by atoms with Crippen molar-refractivity contribution in [1.29, 1.82) is 0 Å². The number of methoxy groups -OCH3 is 2. The number of nitrogens with zero attached hydrogens (tertiary/aromatic N) is 1. The van der Waals surface area contributed by atoms with Gasteiger partial charge in [0.2, 0.25) is 0 Å². The fourth-order valence-electron chi connectivity index (χ4n) is 3.31. The number of aryl methyl sites for hydroxylation is 1. The summed E-state index contributed by atoms with van der Waals surface area (Å²) in [6, 6.07) is 22.4. The average Bonchev–Trinajstić information content (AvgIpc) is 3.13. The molecule has 0 saturated carbocycles. The minimum atomic E-state index is -0.597. The van der Waals surface area contributed by atoms with Crippen molar-refractivity contribution in [2.45, 2.75) is 26.0 Å². The fraction of sp³-hybridized carbons (Fsp3) is 0.292. The maximum Gasteiger partial charge on any atom is 0.335 e. The second-order valence-electron chi connectivity index (χ2n) is 6.82. The smallest absolute Gasteiger partial charge is 0.335 e. The van der Waals surface area contributed by atoms with Crippen LogP contribution in [0, 0.1) is 6.92 Å². The summed E-state index contributed by atoms with van der Waals surface area (Å²) < 4.78 is 18.1. The number of esters is 1. The van der Waals surface area contributed by atoms with Crippen molar-refractivity contribution in [2.24, 2.45) is 0 Å². The third-order valence-corrected chi connectivity index (χ3v) is 4.95. The van der Waals surface area contributed by atoms with Gasteiger partial charge in [-0.15, -0.1) is 0 Å². The highest BCUT2D eigenvalue weighted by molar-refractivity contribution is 5.74. The van der Waals surface area contributed by atoms with Crippen molar-refractivity contribution in [3.63, 3.8) is 0 Å². The molecular weight excluding hydrogens is 366 g/mol. The maximum atomic E-state index is 11.7. The van der Waals surface area contributed by atoms with Crippen LogP contribution in [0.5, 0.6) is 5.75 Å². The van der Waals surface area contributed by atoms with Gasteiger partial charge < -0.3 is 18.8 Å². The number of aromatic nitrogens is 1. The Bertz CT molecular complexity index is 916. The molecule has 3 rings (SSSR count). The van der Waals surface area contributed by atoms with Crippen molar-refractivity contribution in [3.05, 3.63) is 78.0 Å². The van der Waals surface area contributed by atoms with E-state index < -0.39 is 6.10 Å². The second kappa shape index (κ2) is 9.94. The molecule has 0 radical (unpaired) electrons. The van der Waals surface area contributed by atoms with Gasteiger partial charge in [-0.3, -0.25) is 0 Å². The summed E-state index contributed by atoms with van der Waals surface area (Å²) >= 11 is 0. The van der Waals surface area contributed by atoms with E-state index in [0.717, 1.165) is 17.9 Å². The van der Waals surface area contributed by atoms with Gasteiger partial charge in [-0.1, -0.05) is 42.5 Å². The quantitative estimate of drug-likeness (QED) is 0.510. The van der Waals surface area contributed by atoms with E-state index in [1.54, 1.807) is 0 Å². The van der Waals surface area contributed by atoms with Crippen molar-refractivity contribution in [2.75, 3.05) is 20.8 Å². The van der Waals surface area contributed by atoms with E-state index in [4.69, 9.17) is 14.2 Å². The third kappa shape index (κ3) is 5.27. The molecule has 0 aliphatic rings. The highest BCUT2D eigenvalue weighted by Crippen LogP contribution is 2.22. The Hall–Kier alpha value is -3.05. The Morgan fingerprint density at radius 1 is 0.966 bits per heavy atom. The molecule has 0 aliphatic heterocycles. The van der Waals surface area contributed by atoms with Gasteiger partial charge in [-0.25, -0.2) is 4.79 Å². The first-order valence-electron chi connectivity index (χ1n) is 9.66. The molecule has 0 amide bonds. The molecule has 0 fully saturated rings. The lowest BCUT2D eigenvalue weighted by atomic mass is 10.1. The SMILES string of the molecule is COC(=O)C(Cc1ccc(OCCn2c(C)ccc2-c2ccccc2)cc1)OC. The van der Waals surface area contributed by atoms with Crippen molar-refractivity contribution >= 4 is 5.97 Å². The molecule has 1 unspecified atom stereocenters. The highest BCUT2D eigenvalue weighted by Gasteiger charge is 2.18. The summed E-state index contributed by atoms with van der Waals surface area (Å²) in [7, 11) is 2.87. The molecule has 152 valence electrons. The molecule has 0 bridgehead atoms. The lowest BCUT2D eigenvalue weighted by molar-refractivity contribution is -0.152. The number of benzene rings is 2. The molecule has 0 aliphatic carbocycles. The first-order valence-corrected chi connectivity index (χ1v) is 9.66. The Morgan fingerprint density at radius 3 is 2.34 bits per heavy atom. The maximum absolute atomic E-state index is 11.7.